The fourth-order valence-electron chi connectivity index (χ4n) is 1.18. The maximum absolute atomic E-state index is 4.14. The molecule has 0 unspecified atom stereocenters. The van der Waals surface area contributed by atoms with Gasteiger partial charge < -0.3 is 5.32 Å². The molecule has 1 radical (unpaired) electrons. The van der Waals surface area contributed by atoms with E-state index in [0.717, 1.165) is 11.4 Å². The molecule has 0 spiro atoms. The number of benzene rings is 2. The number of nitrogens with one attached hydrogen (secondary N) is 1. The van der Waals surface area contributed by atoms with Crippen LogP contribution in [0, 0.1) is 0 Å². The summed E-state index contributed by atoms with van der Waals surface area (Å²) in [5.74, 6) is 0. The summed E-state index contributed by atoms with van der Waals surface area (Å²) in [6.07, 6.45) is 2.79. The van der Waals surface area contributed by atoms with Crippen molar-refractivity contribution in [2.24, 2.45) is 4.99 Å². The van der Waals surface area contributed by atoms with E-state index in [1.165, 1.54) is 0 Å². The summed E-state index contributed by atoms with van der Waals surface area (Å²) < 4.78 is 0. The van der Waals surface area contributed by atoms with Crippen LogP contribution in [0.3, 0.4) is 0 Å². The Hall–Kier alpha value is -2.09. The number of rotatable bonds is 3. The standard InChI is InChI=1S/C13H11N2/c1-3-7-12(8-4-1)14-11-15-13-9-5-2-6-10-13/h1-10H,(H,14,15). The molecule has 0 aliphatic heterocycles. The summed E-state index contributed by atoms with van der Waals surface area (Å²) in [7, 11) is 0. The van der Waals surface area contributed by atoms with Crippen molar-refractivity contribution < 1.29 is 0 Å². The monoisotopic (exact) mass is 195 g/mol. The van der Waals surface area contributed by atoms with Crippen molar-refractivity contribution in [1.82, 2.24) is 0 Å². The molecule has 0 aliphatic rings. The minimum atomic E-state index is 0.890. The van der Waals surface area contributed by atoms with Crippen molar-refractivity contribution in [2.45, 2.75) is 0 Å². The van der Waals surface area contributed by atoms with Crippen LogP contribution in [0.1, 0.15) is 0 Å². The van der Waals surface area contributed by atoms with E-state index in [2.05, 4.69) is 16.6 Å². The van der Waals surface area contributed by atoms with Crippen molar-refractivity contribution in [2.75, 3.05) is 5.32 Å². The quantitative estimate of drug-likeness (QED) is 0.453. The molecule has 2 heteroatoms. The maximum Gasteiger partial charge on any atom is 0.174 e. The van der Waals surface area contributed by atoms with Gasteiger partial charge in [0.1, 0.15) is 0 Å². The van der Waals surface area contributed by atoms with Crippen LogP contribution in [0.15, 0.2) is 65.7 Å². The van der Waals surface area contributed by atoms with Gasteiger partial charge in [-0.05, 0) is 24.3 Å². The third-order valence-corrected chi connectivity index (χ3v) is 1.92. The molecule has 73 valence electrons. The lowest BCUT2D eigenvalue weighted by atomic mass is 10.3. The average molecular weight is 195 g/mol. The summed E-state index contributed by atoms with van der Waals surface area (Å²) >= 11 is 0. The average Bonchev–Trinajstić information content (AvgIpc) is 2.32. The second kappa shape index (κ2) is 4.96. The normalized spacial score (nSPS) is 10.4. The van der Waals surface area contributed by atoms with Gasteiger partial charge in [0, 0.05) is 5.69 Å². The smallest absolute Gasteiger partial charge is 0.174 e. The van der Waals surface area contributed by atoms with E-state index in [1.807, 2.05) is 60.7 Å². The minimum Gasteiger partial charge on any atom is -0.337 e. The molecule has 0 saturated carbocycles. The predicted molar refractivity (Wildman–Crippen MR) is 63.6 cm³/mol. The Morgan fingerprint density at radius 3 is 2.07 bits per heavy atom. The first kappa shape index (κ1) is 9.46. The summed E-state index contributed by atoms with van der Waals surface area (Å²) in [5.41, 5.74) is 1.87. The summed E-state index contributed by atoms with van der Waals surface area (Å²) in [4.78, 5) is 4.14. The lowest BCUT2D eigenvalue weighted by molar-refractivity contribution is 1.52. The summed E-state index contributed by atoms with van der Waals surface area (Å²) in [6.45, 7) is 0. The van der Waals surface area contributed by atoms with Crippen LogP contribution in [0.2, 0.25) is 0 Å². The van der Waals surface area contributed by atoms with E-state index in [1.54, 1.807) is 0 Å². The first-order valence-electron chi connectivity index (χ1n) is 4.77. The second-order valence-corrected chi connectivity index (χ2v) is 3.05. The Bertz CT molecular complexity index is 421. The maximum atomic E-state index is 4.14. The predicted octanol–water partition coefficient (Wildman–Crippen LogP) is 3.34. The Morgan fingerprint density at radius 2 is 1.40 bits per heavy atom. The van der Waals surface area contributed by atoms with Crippen molar-refractivity contribution in [3.63, 3.8) is 0 Å². The number of nitrogens with zero attached hydrogens (tertiary/aromatic N) is 1. The van der Waals surface area contributed by atoms with Crippen LogP contribution in [0.5, 0.6) is 0 Å². The Labute approximate surface area is 89.3 Å². The van der Waals surface area contributed by atoms with Crippen LogP contribution >= 0.6 is 0 Å². The van der Waals surface area contributed by atoms with Gasteiger partial charge in [-0.1, -0.05) is 36.4 Å². The van der Waals surface area contributed by atoms with Crippen molar-refractivity contribution >= 4 is 17.7 Å². The number of aliphatic imine (C=N–C) groups is 1. The first-order chi connectivity index (χ1) is 7.45. The van der Waals surface area contributed by atoms with Gasteiger partial charge in [0.25, 0.3) is 0 Å². The highest BCUT2D eigenvalue weighted by Gasteiger charge is 1.86. The third-order valence-electron chi connectivity index (χ3n) is 1.92. The van der Waals surface area contributed by atoms with Gasteiger partial charge in [-0.2, -0.15) is 0 Å². The van der Waals surface area contributed by atoms with Gasteiger partial charge in [-0.25, -0.2) is 4.99 Å². The third kappa shape index (κ3) is 2.95. The molecule has 0 aromatic heterocycles. The summed E-state index contributed by atoms with van der Waals surface area (Å²) in [5, 5.41) is 2.98. The number of hydrogen-bond donors (Lipinski definition) is 1. The van der Waals surface area contributed by atoms with Crippen LogP contribution < -0.4 is 5.32 Å². The van der Waals surface area contributed by atoms with Crippen LogP contribution in [-0.4, -0.2) is 6.34 Å². The highest BCUT2D eigenvalue weighted by Crippen LogP contribution is 2.09. The highest BCUT2D eigenvalue weighted by atomic mass is 14.9. The Balaban J connectivity index is 1.97. The fourth-order valence-corrected chi connectivity index (χ4v) is 1.18. The van der Waals surface area contributed by atoms with Gasteiger partial charge in [0.15, 0.2) is 6.34 Å². The molecule has 0 bridgehead atoms. The van der Waals surface area contributed by atoms with Gasteiger partial charge in [0.05, 0.1) is 5.69 Å². The van der Waals surface area contributed by atoms with E-state index < -0.39 is 0 Å². The second-order valence-electron chi connectivity index (χ2n) is 3.05. The molecule has 0 amide bonds. The number of hydrogen-bond acceptors (Lipinski definition) is 1. The Morgan fingerprint density at radius 1 is 0.800 bits per heavy atom. The zero-order valence-corrected chi connectivity index (χ0v) is 8.22. The summed E-state index contributed by atoms with van der Waals surface area (Å²) in [6, 6.07) is 19.6. The van der Waals surface area contributed by atoms with Crippen molar-refractivity contribution in [1.29, 1.82) is 0 Å². The van der Waals surface area contributed by atoms with Crippen LogP contribution in [0.25, 0.3) is 0 Å². The van der Waals surface area contributed by atoms with Crippen LogP contribution in [-0.2, 0) is 0 Å². The molecular weight excluding hydrogens is 184 g/mol. The fraction of sp³-hybridized carbons (Fsp3) is 0. The molecular formula is C13H11N2. The van der Waals surface area contributed by atoms with Crippen molar-refractivity contribution in [3.05, 3.63) is 60.7 Å². The largest absolute Gasteiger partial charge is 0.337 e. The molecule has 0 saturated heterocycles. The zero-order chi connectivity index (χ0) is 10.3. The topological polar surface area (TPSA) is 24.4 Å². The first-order valence-corrected chi connectivity index (χ1v) is 4.77. The highest BCUT2D eigenvalue weighted by molar-refractivity contribution is 5.77. The van der Waals surface area contributed by atoms with E-state index >= 15 is 0 Å². The van der Waals surface area contributed by atoms with E-state index in [4.69, 9.17) is 0 Å². The lowest BCUT2D eigenvalue weighted by Gasteiger charge is -1.96. The molecule has 0 aliphatic carbocycles. The SMILES string of the molecule is [C](=N\c1ccccc1)/Nc1ccccc1. The molecule has 1 N–H and O–H groups in total. The zero-order valence-electron chi connectivity index (χ0n) is 8.22. The lowest BCUT2D eigenvalue weighted by Crippen LogP contribution is -1.92. The molecule has 0 fully saturated rings. The molecule has 2 nitrogen and oxygen atoms in total. The van der Waals surface area contributed by atoms with Gasteiger partial charge in [-0.3, -0.25) is 0 Å². The number of para-hydroxylation sites is 2. The molecule has 0 heterocycles. The molecule has 2 aromatic carbocycles. The minimum absolute atomic E-state index is 0.890. The molecule has 15 heavy (non-hydrogen) atoms. The van der Waals surface area contributed by atoms with Gasteiger partial charge >= 0.3 is 0 Å². The van der Waals surface area contributed by atoms with E-state index in [-0.39, 0.29) is 0 Å². The Kier molecular flexibility index (Phi) is 3.13. The molecule has 2 rings (SSSR count). The van der Waals surface area contributed by atoms with E-state index in [0.29, 0.717) is 0 Å². The van der Waals surface area contributed by atoms with Gasteiger partial charge in [0.2, 0.25) is 0 Å². The number of anilines is 1. The van der Waals surface area contributed by atoms with Crippen molar-refractivity contribution in [3.8, 4) is 0 Å². The van der Waals surface area contributed by atoms with E-state index in [9.17, 15) is 0 Å². The van der Waals surface area contributed by atoms with Crippen LogP contribution in [0.4, 0.5) is 11.4 Å². The molecule has 2 aromatic rings. The molecule has 0 atom stereocenters. The van der Waals surface area contributed by atoms with Gasteiger partial charge in [-0.15, -0.1) is 0 Å².